The van der Waals surface area contributed by atoms with E-state index in [0.717, 1.165) is 11.0 Å². The van der Waals surface area contributed by atoms with Gasteiger partial charge in [0, 0.05) is 5.75 Å². The lowest BCUT2D eigenvalue weighted by atomic mass is 9.78. The van der Waals surface area contributed by atoms with Crippen molar-refractivity contribution in [1.29, 1.82) is 0 Å². The van der Waals surface area contributed by atoms with E-state index in [-0.39, 0.29) is 5.97 Å². The van der Waals surface area contributed by atoms with Crippen molar-refractivity contribution in [3.05, 3.63) is 40.9 Å². The maximum atomic E-state index is 12.3. The Kier molecular flexibility index (Phi) is 6.01. The lowest BCUT2D eigenvalue weighted by Crippen LogP contribution is -2.41. The highest BCUT2D eigenvalue weighted by Crippen LogP contribution is 2.39. The van der Waals surface area contributed by atoms with Crippen LogP contribution in [0.4, 0.5) is 0 Å². The molecule has 0 aromatic heterocycles. The molecule has 1 aliphatic heterocycles. The Labute approximate surface area is 162 Å². The first-order valence-electron chi connectivity index (χ1n) is 8.85. The van der Waals surface area contributed by atoms with Gasteiger partial charge >= 0.3 is 13.1 Å². The van der Waals surface area contributed by atoms with Gasteiger partial charge in [0.25, 0.3) is 0 Å². The Morgan fingerprint density at radius 3 is 2.27 bits per heavy atom. The number of thiol groups is 1. The molecule has 2 rings (SSSR count). The fourth-order valence-electron chi connectivity index (χ4n) is 2.49. The van der Waals surface area contributed by atoms with Gasteiger partial charge in [0.15, 0.2) is 0 Å². The Morgan fingerprint density at radius 1 is 1.19 bits per heavy atom. The third-order valence-electron chi connectivity index (χ3n) is 4.61. The van der Waals surface area contributed by atoms with Crippen molar-refractivity contribution >= 4 is 31.8 Å². The maximum absolute atomic E-state index is 12.3. The molecule has 142 valence electrons. The van der Waals surface area contributed by atoms with Crippen molar-refractivity contribution in [2.75, 3.05) is 5.75 Å². The van der Waals surface area contributed by atoms with Crippen LogP contribution in [0.5, 0.6) is 0 Å². The van der Waals surface area contributed by atoms with Crippen LogP contribution in [0.25, 0.3) is 6.08 Å². The number of hydrogen-bond donors (Lipinski definition) is 1. The fraction of sp³-hybridized carbons (Fsp3) is 0.550. The molecular formula is C20H29BO4S. The van der Waals surface area contributed by atoms with Crippen molar-refractivity contribution in [1.82, 2.24) is 0 Å². The van der Waals surface area contributed by atoms with Crippen LogP contribution in [0.15, 0.2) is 29.7 Å². The van der Waals surface area contributed by atoms with Gasteiger partial charge in [0.2, 0.25) is 0 Å². The number of carbonyl (C=O) groups excluding carboxylic acids is 1. The molecule has 0 bridgehead atoms. The summed E-state index contributed by atoms with van der Waals surface area (Å²) in [7, 11) is -0.456. The van der Waals surface area contributed by atoms with Crippen molar-refractivity contribution in [2.45, 2.75) is 65.3 Å². The van der Waals surface area contributed by atoms with Crippen LogP contribution < -0.4 is 0 Å². The summed E-state index contributed by atoms with van der Waals surface area (Å²) in [5.41, 5.74) is 0.972. The molecule has 1 fully saturated rings. The Hall–Kier alpha value is -1.24. The lowest BCUT2D eigenvalue weighted by molar-refractivity contribution is 0.00578. The molecule has 0 aliphatic carbocycles. The molecule has 26 heavy (non-hydrogen) atoms. The molecule has 0 amide bonds. The standard InChI is InChI=1S/C20H29BO4S/c1-18(2,3)23-17(22)15-10-8-9-14(11-15)12-16(13-26)21-24-19(4,5)20(6,7)25-21/h8-12,26H,13H2,1-7H3. The molecule has 0 N–H and O–H groups in total. The van der Waals surface area contributed by atoms with Crippen molar-refractivity contribution in [3.63, 3.8) is 0 Å². The topological polar surface area (TPSA) is 44.8 Å². The van der Waals surface area contributed by atoms with E-state index in [9.17, 15) is 4.79 Å². The van der Waals surface area contributed by atoms with Gasteiger partial charge in [-0.2, -0.15) is 12.6 Å². The zero-order valence-corrected chi connectivity index (χ0v) is 17.6. The lowest BCUT2D eigenvalue weighted by Gasteiger charge is -2.32. The number of ether oxygens (including phenoxy) is 1. The third kappa shape index (κ3) is 4.93. The highest BCUT2D eigenvalue weighted by Gasteiger charge is 2.52. The number of carbonyl (C=O) groups is 1. The quantitative estimate of drug-likeness (QED) is 0.474. The van der Waals surface area contributed by atoms with Gasteiger partial charge in [-0.3, -0.25) is 0 Å². The fourth-order valence-corrected chi connectivity index (χ4v) is 2.73. The van der Waals surface area contributed by atoms with Gasteiger partial charge in [-0.1, -0.05) is 18.2 Å². The van der Waals surface area contributed by atoms with Gasteiger partial charge in [-0.05, 0) is 71.6 Å². The van der Waals surface area contributed by atoms with Crippen LogP contribution in [0.1, 0.15) is 64.4 Å². The first-order chi connectivity index (χ1) is 11.8. The molecule has 4 nitrogen and oxygen atoms in total. The first-order valence-corrected chi connectivity index (χ1v) is 9.48. The molecule has 0 radical (unpaired) electrons. The van der Waals surface area contributed by atoms with Gasteiger partial charge in [0.1, 0.15) is 5.60 Å². The zero-order chi connectivity index (χ0) is 19.8. The number of esters is 1. The van der Waals surface area contributed by atoms with E-state index in [0.29, 0.717) is 11.3 Å². The summed E-state index contributed by atoms with van der Waals surface area (Å²) < 4.78 is 17.6. The summed E-state index contributed by atoms with van der Waals surface area (Å²) in [5.74, 6) is 0.156. The van der Waals surface area contributed by atoms with Gasteiger partial charge in [-0.25, -0.2) is 4.79 Å². The van der Waals surface area contributed by atoms with E-state index in [2.05, 4.69) is 12.6 Å². The molecule has 0 atom stereocenters. The smallest absolute Gasteiger partial charge is 0.456 e. The van der Waals surface area contributed by atoms with E-state index in [1.54, 1.807) is 6.07 Å². The minimum absolute atomic E-state index is 0.337. The maximum Gasteiger partial charge on any atom is 0.491 e. The van der Waals surface area contributed by atoms with E-state index in [1.807, 2.05) is 72.7 Å². The van der Waals surface area contributed by atoms with E-state index in [4.69, 9.17) is 14.0 Å². The second kappa shape index (κ2) is 7.41. The van der Waals surface area contributed by atoms with E-state index >= 15 is 0 Å². The minimum atomic E-state index is -0.526. The zero-order valence-electron chi connectivity index (χ0n) is 16.8. The Morgan fingerprint density at radius 2 is 1.77 bits per heavy atom. The molecule has 0 unspecified atom stereocenters. The average Bonchev–Trinajstić information content (AvgIpc) is 2.71. The summed E-state index contributed by atoms with van der Waals surface area (Å²) in [6.45, 7) is 13.6. The van der Waals surface area contributed by atoms with Crippen molar-refractivity contribution < 1.29 is 18.8 Å². The Balaban J connectivity index is 2.25. The first kappa shape index (κ1) is 21.1. The molecule has 0 spiro atoms. The molecular weight excluding hydrogens is 347 g/mol. The van der Waals surface area contributed by atoms with Gasteiger partial charge in [-0.15, -0.1) is 0 Å². The van der Waals surface area contributed by atoms with Crippen LogP contribution in [-0.4, -0.2) is 35.6 Å². The summed E-state index contributed by atoms with van der Waals surface area (Å²) in [6, 6.07) is 7.33. The minimum Gasteiger partial charge on any atom is -0.456 e. The number of hydrogen-bond acceptors (Lipinski definition) is 5. The summed E-state index contributed by atoms with van der Waals surface area (Å²) in [5, 5.41) is 0. The van der Waals surface area contributed by atoms with Crippen molar-refractivity contribution in [3.8, 4) is 0 Å². The highest BCUT2D eigenvalue weighted by atomic mass is 32.1. The third-order valence-corrected chi connectivity index (χ3v) is 4.98. The summed E-state index contributed by atoms with van der Waals surface area (Å²) in [4.78, 5) is 12.3. The number of rotatable bonds is 4. The van der Waals surface area contributed by atoms with E-state index in [1.165, 1.54) is 0 Å². The van der Waals surface area contributed by atoms with Gasteiger partial charge in [0.05, 0.1) is 16.8 Å². The SMILES string of the molecule is CC(C)(C)OC(=O)c1cccc(C=C(CS)B2OC(C)(C)C(C)(C)O2)c1. The van der Waals surface area contributed by atoms with Crippen LogP contribution in [0.3, 0.4) is 0 Å². The number of benzene rings is 1. The Bertz CT molecular complexity index is 688. The second-order valence-corrected chi connectivity index (χ2v) is 8.91. The van der Waals surface area contributed by atoms with E-state index < -0.39 is 23.9 Å². The van der Waals surface area contributed by atoms with Crippen LogP contribution >= 0.6 is 12.6 Å². The normalized spacial score (nSPS) is 19.5. The molecule has 1 aliphatic rings. The van der Waals surface area contributed by atoms with Crippen LogP contribution in [-0.2, 0) is 14.0 Å². The molecule has 6 heteroatoms. The predicted octanol–water partition coefficient (Wildman–Crippen LogP) is 4.59. The molecule has 1 aromatic carbocycles. The summed E-state index contributed by atoms with van der Waals surface area (Å²) >= 11 is 4.44. The van der Waals surface area contributed by atoms with Crippen LogP contribution in [0, 0.1) is 0 Å². The molecule has 1 aromatic rings. The summed E-state index contributed by atoms with van der Waals surface area (Å²) in [6.07, 6.45) is 1.96. The predicted molar refractivity (Wildman–Crippen MR) is 110 cm³/mol. The largest absolute Gasteiger partial charge is 0.491 e. The molecule has 1 saturated heterocycles. The average molecular weight is 376 g/mol. The molecule has 0 saturated carbocycles. The van der Waals surface area contributed by atoms with Crippen LogP contribution in [0.2, 0.25) is 0 Å². The highest BCUT2D eigenvalue weighted by molar-refractivity contribution is 7.80. The van der Waals surface area contributed by atoms with Gasteiger partial charge < -0.3 is 14.0 Å². The monoisotopic (exact) mass is 376 g/mol. The molecule has 1 heterocycles. The second-order valence-electron chi connectivity index (χ2n) is 8.59. The van der Waals surface area contributed by atoms with Crippen molar-refractivity contribution in [2.24, 2.45) is 0 Å².